The molecule has 1 aromatic rings. The molecule has 23 heavy (non-hydrogen) atoms. The van der Waals surface area contributed by atoms with Gasteiger partial charge >= 0.3 is 5.97 Å². The van der Waals surface area contributed by atoms with E-state index in [-0.39, 0.29) is 0 Å². The normalized spacial score (nSPS) is 18.5. The van der Waals surface area contributed by atoms with Crippen molar-refractivity contribution in [3.05, 3.63) is 29.8 Å². The summed E-state index contributed by atoms with van der Waals surface area (Å²) in [4.78, 5) is 24.2. The molecule has 2 N–H and O–H groups in total. The van der Waals surface area contributed by atoms with Crippen LogP contribution in [0.4, 0.5) is 0 Å². The Morgan fingerprint density at radius 2 is 1.74 bits per heavy atom. The van der Waals surface area contributed by atoms with Gasteiger partial charge in [-0.1, -0.05) is 37.8 Å². The summed E-state index contributed by atoms with van der Waals surface area (Å²) in [5.41, 5.74) is -0.591. The second kappa shape index (κ2) is 7.68. The number of hydrogen-bond donors (Lipinski definition) is 2. The van der Waals surface area contributed by atoms with Gasteiger partial charge in [-0.05, 0) is 30.5 Å². The van der Waals surface area contributed by atoms with Gasteiger partial charge in [0.05, 0.1) is 7.11 Å². The average Bonchev–Trinajstić information content (AvgIpc) is 2.80. The van der Waals surface area contributed by atoms with Crippen molar-refractivity contribution in [3.63, 3.8) is 0 Å². The topological polar surface area (TPSA) is 75.6 Å². The lowest BCUT2D eigenvalue weighted by molar-refractivity contribution is -0.148. The molecule has 1 fully saturated rings. The van der Waals surface area contributed by atoms with Crippen molar-refractivity contribution >= 4 is 23.5 Å². The fourth-order valence-electron chi connectivity index (χ4n) is 2.95. The maximum absolute atomic E-state index is 12.5. The van der Waals surface area contributed by atoms with Crippen molar-refractivity contribution in [1.82, 2.24) is 5.32 Å². The number of carboxylic acid groups (broad SMARTS) is 1. The zero-order valence-corrected chi connectivity index (χ0v) is 13.9. The third kappa shape index (κ3) is 4.16. The van der Waals surface area contributed by atoms with Gasteiger partial charge < -0.3 is 15.2 Å². The van der Waals surface area contributed by atoms with Crippen LogP contribution < -0.4 is 10.1 Å². The van der Waals surface area contributed by atoms with Gasteiger partial charge in [-0.25, -0.2) is 4.79 Å². The molecule has 1 amide bonds. The number of rotatable bonds is 5. The molecule has 0 aromatic heterocycles. The van der Waals surface area contributed by atoms with Gasteiger partial charge in [-0.2, -0.15) is 0 Å². The summed E-state index contributed by atoms with van der Waals surface area (Å²) in [7, 11) is 1.56. The Bertz CT molecular complexity index is 550. The number of methoxy groups -OCH3 is 1. The Morgan fingerprint density at radius 3 is 2.22 bits per heavy atom. The predicted molar refractivity (Wildman–Crippen MR) is 87.8 cm³/mol. The van der Waals surface area contributed by atoms with Crippen molar-refractivity contribution in [2.75, 3.05) is 7.11 Å². The average molecular weight is 340 g/mol. The molecule has 1 aliphatic carbocycles. The first kappa shape index (κ1) is 17.6. The van der Waals surface area contributed by atoms with Crippen LogP contribution in [0.15, 0.2) is 24.3 Å². The molecule has 0 saturated heterocycles. The van der Waals surface area contributed by atoms with Gasteiger partial charge in [-0.3, -0.25) is 4.79 Å². The molecule has 2 rings (SSSR count). The van der Waals surface area contributed by atoms with Crippen LogP contribution in [0, 0.1) is 0 Å². The molecular formula is C17H22ClNO4. The van der Waals surface area contributed by atoms with Gasteiger partial charge in [-0.15, -0.1) is 11.6 Å². The van der Waals surface area contributed by atoms with E-state index < -0.39 is 22.8 Å². The molecule has 5 nitrogen and oxygen atoms in total. The molecule has 1 saturated carbocycles. The van der Waals surface area contributed by atoms with Crippen LogP contribution in [-0.4, -0.2) is 29.6 Å². The maximum Gasteiger partial charge on any atom is 0.329 e. The molecule has 1 aliphatic rings. The zero-order valence-electron chi connectivity index (χ0n) is 13.2. The summed E-state index contributed by atoms with van der Waals surface area (Å²) in [5.74, 6) is -0.781. The molecule has 1 aromatic carbocycles. The van der Waals surface area contributed by atoms with Crippen molar-refractivity contribution < 1.29 is 19.4 Å². The summed E-state index contributed by atoms with van der Waals surface area (Å²) < 4.78 is 5.07. The van der Waals surface area contributed by atoms with Crippen molar-refractivity contribution in [2.45, 2.75) is 49.4 Å². The molecule has 0 heterocycles. The molecular weight excluding hydrogens is 318 g/mol. The highest BCUT2D eigenvalue weighted by atomic mass is 35.5. The van der Waals surface area contributed by atoms with Crippen LogP contribution in [-0.2, 0) is 9.59 Å². The van der Waals surface area contributed by atoms with Gasteiger partial charge in [0.15, 0.2) is 0 Å². The van der Waals surface area contributed by atoms with E-state index in [0.29, 0.717) is 24.2 Å². The maximum atomic E-state index is 12.5. The second-order valence-electron chi connectivity index (χ2n) is 5.93. The number of benzene rings is 1. The third-order valence-electron chi connectivity index (χ3n) is 4.37. The van der Waals surface area contributed by atoms with Crippen LogP contribution in [0.3, 0.4) is 0 Å². The number of carbonyl (C=O) groups excluding carboxylic acids is 1. The van der Waals surface area contributed by atoms with E-state index in [4.69, 9.17) is 16.3 Å². The minimum absolute atomic E-state index is 0.445. The zero-order chi connectivity index (χ0) is 16.9. The number of nitrogens with one attached hydrogen (secondary N) is 1. The summed E-state index contributed by atoms with van der Waals surface area (Å²) in [6.45, 7) is 0. The van der Waals surface area contributed by atoms with Crippen LogP contribution in [0.2, 0.25) is 0 Å². The van der Waals surface area contributed by atoms with Crippen LogP contribution in [0.25, 0.3) is 0 Å². The number of halogens is 1. The van der Waals surface area contributed by atoms with E-state index in [2.05, 4.69) is 5.32 Å². The molecule has 0 spiro atoms. The Labute approximate surface area is 141 Å². The molecule has 0 bridgehead atoms. The first-order chi connectivity index (χ1) is 11.0. The van der Waals surface area contributed by atoms with Gasteiger partial charge in [0.1, 0.15) is 16.7 Å². The van der Waals surface area contributed by atoms with E-state index in [0.717, 1.165) is 25.7 Å². The lowest BCUT2D eigenvalue weighted by Crippen LogP contribution is -2.55. The lowest BCUT2D eigenvalue weighted by Gasteiger charge is -2.30. The summed E-state index contributed by atoms with van der Waals surface area (Å²) >= 11 is 6.23. The lowest BCUT2D eigenvalue weighted by atomic mass is 9.90. The fraction of sp³-hybridized carbons (Fsp3) is 0.529. The molecule has 0 aliphatic heterocycles. The van der Waals surface area contributed by atoms with E-state index in [1.54, 1.807) is 31.4 Å². The number of hydrogen-bond acceptors (Lipinski definition) is 3. The summed E-state index contributed by atoms with van der Waals surface area (Å²) in [6, 6.07) is 6.85. The van der Waals surface area contributed by atoms with E-state index in [1.165, 1.54) is 0 Å². The molecule has 1 unspecified atom stereocenters. The summed E-state index contributed by atoms with van der Waals surface area (Å²) in [6.07, 6.45) is 4.46. The van der Waals surface area contributed by atoms with Gasteiger partial charge in [0, 0.05) is 0 Å². The Hall–Kier alpha value is -1.75. The first-order valence-electron chi connectivity index (χ1n) is 7.82. The quantitative estimate of drug-likeness (QED) is 0.637. The van der Waals surface area contributed by atoms with Crippen molar-refractivity contribution in [3.8, 4) is 5.75 Å². The fourth-order valence-corrected chi connectivity index (χ4v) is 3.15. The number of carbonyl (C=O) groups is 2. The number of amides is 1. The number of aliphatic carboxylic acids is 1. The van der Waals surface area contributed by atoms with Crippen LogP contribution in [0.1, 0.15) is 49.5 Å². The number of carboxylic acids is 1. The molecule has 6 heteroatoms. The molecule has 126 valence electrons. The third-order valence-corrected chi connectivity index (χ3v) is 4.82. The predicted octanol–water partition coefficient (Wildman–Crippen LogP) is 3.27. The smallest absolute Gasteiger partial charge is 0.329 e. The standard InChI is InChI=1S/C17H22ClNO4/c1-23-13-8-6-12(7-9-13)14(18)15(20)19-17(16(21)22)10-4-2-3-5-11-17/h6-9,14H,2-5,10-11H2,1H3,(H,19,20)(H,21,22). The Morgan fingerprint density at radius 1 is 1.17 bits per heavy atom. The monoisotopic (exact) mass is 339 g/mol. The minimum atomic E-state index is -1.20. The Balaban J connectivity index is 2.12. The highest BCUT2D eigenvalue weighted by molar-refractivity contribution is 6.31. The van der Waals surface area contributed by atoms with Crippen molar-refractivity contribution in [2.24, 2.45) is 0 Å². The van der Waals surface area contributed by atoms with E-state index in [9.17, 15) is 14.7 Å². The SMILES string of the molecule is COc1ccc(C(Cl)C(=O)NC2(C(=O)O)CCCCCC2)cc1. The highest BCUT2D eigenvalue weighted by Gasteiger charge is 2.41. The second-order valence-corrected chi connectivity index (χ2v) is 6.36. The van der Waals surface area contributed by atoms with Crippen LogP contribution in [0.5, 0.6) is 5.75 Å². The van der Waals surface area contributed by atoms with Gasteiger partial charge in [0.2, 0.25) is 5.91 Å². The summed E-state index contributed by atoms with van der Waals surface area (Å²) in [5, 5.41) is 11.4. The Kier molecular flexibility index (Phi) is 5.88. The van der Waals surface area contributed by atoms with Crippen molar-refractivity contribution in [1.29, 1.82) is 0 Å². The van der Waals surface area contributed by atoms with Crippen LogP contribution >= 0.6 is 11.6 Å². The minimum Gasteiger partial charge on any atom is -0.497 e. The van der Waals surface area contributed by atoms with Gasteiger partial charge in [0.25, 0.3) is 0 Å². The number of alkyl halides is 1. The number of ether oxygens (including phenoxy) is 1. The van der Waals surface area contributed by atoms with E-state index in [1.807, 2.05) is 0 Å². The molecule has 1 atom stereocenters. The molecule has 0 radical (unpaired) electrons. The largest absolute Gasteiger partial charge is 0.497 e. The van der Waals surface area contributed by atoms with E-state index >= 15 is 0 Å². The highest BCUT2D eigenvalue weighted by Crippen LogP contribution is 2.30. The first-order valence-corrected chi connectivity index (χ1v) is 8.25.